The van der Waals surface area contributed by atoms with E-state index in [1.165, 1.54) is 37.5 Å². The summed E-state index contributed by atoms with van der Waals surface area (Å²) >= 11 is 0. The minimum absolute atomic E-state index is 0.0117. The van der Waals surface area contributed by atoms with E-state index in [9.17, 15) is 22.8 Å². The summed E-state index contributed by atoms with van der Waals surface area (Å²) in [5.74, 6) is -0.904. The molecule has 0 saturated carbocycles. The molecule has 0 fully saturated rings. The van der Waals surface area contributed by atoms with Crippen molar-refractivity contribution in [3.63, 3.8) is 0 Å². The van der Waals surface area contributed by atoms with Crippen LogP contribution >= 0.6 is 0 Å². The topological polar surface area (TPSA) is 138 Å². The van der Waals surface area contributed by atoms with E-state index in [0.717, 1.165) is 10.8 Å². The molecule has 11 heteroatoms. The molecule has 3 rings (SSSR count). The molecule has 0 aliphatic heterocycles. The zero-order chi connectivity index (χ0) is 22.1. The lowest BCUT2D eigenvalue weighted by molar-refractivity contribution is 0.0526. The van der Waals surface area contributed by atoms with Crippen LogP contribution in [-0.4, -0.2) is 42.6 Å². The molecule has 0 atom stereocenters. The smallest absolute Gasteiger partial charge is 0.342 e. The minimum atomic E-state index is -3.43. The summed E-state index contributed by atoms with van der Waals surface area (Å²) in [5.41, 5.74) is -0.0521. The number of carbonyl (C=O) groups is 2. The average Bonchev–Trinajstić information content (AvgIpc) is 3.00. The van der Waals surface area contributed by atoms with E-state index < -0.39 is 27.3 Å². The Morgan fingerprint density at radius 3 is 2.50 bits per heavy atom. The predicted octanol–water partition coefficient (Wildman–Crippen LogP) is 1.73. The van der Waals surface area contributed by atoms with Gasteiger partial charge in [0.05, 0.1) is 19.4 Å². The second-order valence-corrected chi connectivity index (χ2v) is 8.23. The first kappa shape index (κ1) is 21.2. The molecule has 0 bridgehead atoms. The number of nitrogens with zero attached hydrogens (tertiary/aromatic N) is 2. The molecule has 1 N–H and O–H groups in total. The number of anilines is 1. The number of nitrogens with one attached hydrogen (secondary N) is 1. The van der Waals surface area contributed by atoms with Gasteiger partial charge in [-0.25, -0.2) is 18.2 Å². The summed E-state index contributed by atoms with van der Waals surface area (Å²) in [4.78, 5) is 41.7. The van der Waals surface area contributed by atoms with E-state index in [2.05, 4.69) is 9.71 Å². The van der Waals surface area contributed by atoms with Gasteiger partial charge in [-0.2, -0.15) is 0 Å². The Morgan fingerprint density at radius 2 is 1.90 bits per heavy atom. The standard InChI is InChI=1S/C19H19N3O7S/c1-4-28-19(25)15-11(2)29-17-16(15)18(24)22(10-20-17)9-14(23)12-5-7-13(8-6-12)21-30(3,26)27/h5-8,10,21H,4,9H2,1-3H3. The number of furan rings is 1. The molecule has 158 valence electrons. The fourth-order valence-electron chi connectivity index (χ4n) is 2.88. The van der Waals surface area contributed by atoms with Crippen molar-refractivity contribution in [2.75, 3.05) is 17.6 Å². The number of hydrogen-bond donors (Lipinski definition) is 1. The molecule has 0 aliphatic rings. The average molecular weight is 433 g/mol. The van der Waals surface area contributed by atoms with E-state index in [1.54, 1.807) is 6.92 Å². The van der Waals surface area contributed by atoms with Crippen molar-refractivity contribution in [2.24, 2.45) is 0 Å². The van der Waals surface area contributed by atoms with Crippen molar-refractivity contribution >= 4 is 38.6 Å². The summed E-state index contributed by atoms with van der Waals surface area (Å²) in [6.07, 6.45) is 2.18. The van der Waals surface area contributed by atoms with Gasteiger partial charge in [0.1, 0.15) is 23.0 Å². The third-order valence-electron chi connectivity index (χ3n) is 4.16. The number of carbonyl (C=O) groups excluding carboxylic acids is 2. The van der Waals surface area contributed by atoms with Crippen LogP contribution in [0.1, 0.15) is 33.4 Å². The van der Waals surface area contributed by atoms with Gasteiger partial charge in [-0.15, -0.1) is 0 Å². The van der Waals surface area contributed by atoms with Gasteiger partial charge in [-0.05, 0) is 38.1 Å². The zero-order valence-corrected chi connectivity index (χ0v) is 17.3. The first-order chi connectivity index (χ1) is 14.1. The van der Waals surface area contributed by atoms with Crippen molar-refractivity contribution in [1.82, 2.24) is 9.55 Å². The van der Waals surface area contributed by atoms with Crippen molar-refractivity contribution in [3.8, 4) is 0 Å². The van der Waals surface area contributed by atoms with Gasteiger partial charge in [-0.3, -0.25) is 18.9 Å². The van der Waals surface area contributed by atoms with E-state index in [4.69, 9.17) is 9.15 Å². The monoisotopic (exact) mass is 433 g/mol. The second-order valence-electron chi connectivity index (χ2n) is 6.49. The van der Waals surface area contributed by atoms with Crippen LogP contribution in [-0.2, 0) is 21.3 Å². The quantitative estimate of drug-likeness (QED) is 0.439. The number of aromatic nitrogens is 2. The normalized spacial score (nSPS) is 11.4. The Bertz CT molecular complexity index is 1290. The third-order valence-corrected chi connectivity index (χ3v) is 4.76. The second kappa shape index (κ2) is 8.11. The van der Waals surface area contributed by atoms with Crippen LogP contribution in [0, 0.1) is 6.92 Å². The van der Waals surface area contributed by atoms with Gasteiger partial charge in [0.15, 0.2) is 5.78 Å². The van der Waals surface area contributed by atoms with Crippen LogP contribution in [0.25, 0.3) is 11.1 Å². The maximum absolute atomic E-state index is 12.9. The molecule has 2 aromatic heterocycles. The zero-order valence-electron chi connectivity index (χ0n) is 16.5. The Balaban J connectivity index is 1.91. The van der Waals surface area contributed by atoms with Crippen molar-refractivity contribution in [2.45, 2.75) is 20.4 Å². The minimum Gasteiger partial charge on any atom is -0.462 e. The van der Waals surface area contributed by atoms with Gasteiger partial charge in [0.2, 0.25) is 15.7 Å². The third kappa shape index (κ3) is 4.40. The Hall–Kier alpha value is -3.47. The molecule has 3 aromatic rings. The van der Waals surface area contributed by atoms with Gasteiger partial charge in [0, 0.05) is 11.3 Å². The first-order valence-corrected chi connectivity index (χ1v) is 10.8. The van der Waals surface area contributed by atoms with Crippen molar-refractivity contribution < 1.29 is 27.2 Å². The van der Waals surface area contributed by atoms with Crippen LogP contribution in [0.3, 0.4) is 0 Å². The summed E-state index contributed by atoms with van der Waals surface area (Å²) in [7, 11) is -3.43. The SMILES string of the molecule is CCOC(=O)c1c(C)oc2ncn(CC(=O)c3ccc(NS(C)(=O)=O)cc3)c(=O)c12. The summed E-state index contributed by atoms with van der Waals surface area (Å²) in [6, 6.07) is 5.77. The summed E-state index contributed by atoms with van der Waals surface area (Å²) in [5, 5.41) is -0.0473. The number of sulfonamides is 1. The molecule has 0 spiro atoms. The van der Waals surface area contributed by atoms with Gasteiger partial charge < -0.3 is 9.15 Å². The molecular weight excluding hydrogens is 414 g/mol. The van der Waals surface area contributed by atoms with Crippen molar-refractivity contribution in [3.05, 3.63) is 57.8 Å². The number of fused-ring (bicyclic) bond motifs is 1. The van der Waals surface area contributed by atoms with E-state index >= 15 is 0 Å². The molecule has 0 unspecified atom stereocenters. The summed E-state index contributed by atoms with van der Waals surface area (Å²) < 4.78 is 36.2. The van der Waals surface area contributed by atoms with E-state index in [-0.39, 0.29) is 41.1 Å². The number of Topliss-reactive ketones (excluding diaryl/α,β-unsaturated/α-hetero) is 1. The van der Waals surface area contributed by atoms with Gasteiger partial charge in [-0.1, -0.05) is 0 Å². The number of benzene rings is 1. The van der Waals surface area contributed by atoms with Crippen LogP contribution in [0.2, 0.25) is 0 Å². The number of esters is 1. The number of ketones is 1. The fourth-order valence-corrected chi connectivity index (χ4v) is 3.45. The predicted molar refractivity (Wildman–Crippen MR) is 108 cm³/mol. The number of rotatable bonds is 7. The molecule has 30 heavy (non-hydrogen) atoms. The molecule has 0 amide bonds. The Morgan fingerprint density at radius 1 is 1.23 bits per heavy atom. The van der Waals surface area contributed by atoms with E-state index in [1.807, 2.05) is 0 Å². The molecular formula is C19H19N3O7S. The van der Waals surface area contributed by atoms with E-state index in [0.29, 0.717) is 5.69 Å². The van der Waals surface area contributed by atoms with Crippen LogP contribution < -0.4 is 10.3 Å². The highest BCUT2D eigenvalue weighted by Gasteiger charge is 2.24. The highest BCUT2D eigenvalue weighted by molar-refractivity contribution is 7.92. The Kier molecular flexibility index (Phi) is 5.74. The number of ether oxygens (including phenoxy) is 1. The molecule has 0 aliphatic carbocycles. The van der Waals surface area contributed by atoms with Crippen molar-refractivity contribution in [1.29, 1.82) is 0 Å². The van der Waals surface area contributed by atoms with Gasteiger partial charge in [0.25, 0.3) is 5.56 Å². The van der Waals surface area contributed by atoms with Crippen LogP contribution in [0.5, 0.6) is 0 Å². The summed E-state index contributed by atoms with van der Waals surface area (Å²) in [6.45, 7) is 2.96. The largest absolute Gasteiger partial charge is 0.462 e. The molecule has 0 saturated heterocycles. The number of aryl methyl sites for hydroxylation is 1. The molecule has 0 radical (unpaired) electrons. The lowest BCUT2D eigenvalue weighted by atomic mass is 10.1. The molecule has 1 aromatic carbocycles. The molecule has 2 heterocycles. The highest BCUT2D eigenvalue weighted by Crippen LogP contribution is 2.22. The number of hydrogen-bond acceptors (Lipinski definition) is 8. The fraction of sp³-hybridized carbons (Fsp3) is 0.263. The lowest BCUT2D eigenvalue weighted by Gasteiger charge is -2.07. The van der Waals surface area contributed by atoms with Crippen LogP contribution in [0.4, 0.5) is 5.69 Å². The molecule has 10 nitrogen and oxygen atoms in total. The first-order valence-electron chi connectivity index (χ1n) is 8.87. The highest BCUT2D eigenvalue weighted by atomic mass is 32.2. The maximum atomic E-state index is 12.9. The van der Waals surface area contributed by atoms with Gasteiger partial charge >= 0.3 is 5.97 Å². The Labute approximate surface area is 171 Å². The van der Waals surface area contributed by atoms with Crippen LogP contribution in [0.15, 0.2) is 39.8 Å². The maximum Gasteiger partial charge on any atom is 0.342 e. The lowest BCUT2D eigenvalue weighted by Crippen LogP contribution is -2.25.